The van der Waals surface area contributed by atoms with Crippen molar-refractivity contribution in [1.82, 2.24) is 19.6 Å². The zero-order valence-electron chi connectivity index (χ0n) is 13.5. The number of hydrogen-bond acceptors (Lipinski definition) is 4. The molecule has 3 heterocycles. The fraction of sp³-hybridized carbons (Fsp3) is 0.294. The number of H-pyrrole nitrogens is 1. The van der Waals surface area contributed by atoms with Gasteiger partial charge in [0.15, 0.2) is 0 Å². The predicted molar refractivity (Wildman–Crippen MR) is 90.1 cm³/mol. The van der Waals surface area contributed by atoms with Crippen LogP contribution >= 0.6 is 0 Å². The number of hydrogen-bond donors (Lipinski definition) is 2. The second-order valence-electron chi connectivity index (χ2n) is 6.29. The predicted octanol–water partition coefficient (Wildman–Crippen LogP) is 2.09. The number of rotatable bonds is 2. The molecule has 0 radical (unpaired) electrons. The summed E-state index contributed by atoms with van der Waals surface area (Å²) < 4.78 is 1.29. The van der Waals surface area contributed by atoms with Gasteiger partial charge in [0.1, 0.15) is 6.33 Å². The number of amides is 1. The summed E-state index contributed by atoms with van der Waals surface area (Å²) >= 11 is 0. The number of anilines is 1. The maximum atomic E-state index is 12.7. The van der Waals surface area contributed by atoms with E-state index < -0.39 is 0 Å². The number of carbonyl (C=O) groups is 1. The molecule has 1 aromatic carbocycles. The first-order valence-corrected chi connectivity index (χ1v) is 7.93. The molecule has 0 atom stereocenters. The molecule has 0 unspecified atom stereocenters. The smallest absolute Gasteiger partial charge is 0.279 e. The number of nitrogens with one attached hydrogen (secondary N) is 2. The van der Waals surface area contributed by atoms with Crippen LogP contribution in [0.5, 0.6) is 0 Å². The van der Waals surface area contributed by atoms with E-state index in [1.165, 1.54) is 10.8 Å². The molecule has 24 heavy (non-hydrogen) atoms. The maximum Gasteiger partial charge on any atom is 0.279 e. The molecule has 0 aliphatic carbocycles. The quantitative estimate of drug-likeness (QED) is 0.755. The lowest BCUT2D eigenvalue weighted by atomic mass is 9.94. The molecular weight excluding hydrogens is 306 g/mol. The Labute approximate surface area is 137 Å². The van der Waals surface area contributed by atoms with Crippen LogP contribution < -0.4 is 10.9 Å². The highest BCUT2D eigenvalue weighted by atomic mass is 16.1. The molecular formula is C17H17N5O2. The van der Waals surface area contributed by atoms with Gasteiger partial charge in [0.25, 0.3) is 5.56 Å². The molecule has 0 saturated carbocycles. The van der Waals surface area contributed by atoms with E-state index >= 15 is 0 Å². The number of aromatic nitrogens is 4. The Kier molecular flexibility index (Phi) is 3.23. The SMILES string of the molecule is CC(C)c1c(-c2ccc3c(c2)CCC(=O)N3)[nH]c2ncnn2c1=O. The van der Waals surface area contributed by atoms with Gasteiger partial charge < -0.3 is 10.3 Å². The Morgan fingerprint density at radius 1 is 1.21 bits per heavy atom. The van der Waals surface area contributed by atoms with Crippen molar-refractivity contribution in [2.24, 2.45) is 0 Å². The first-order valence-electron chi connectivity index (χ1n) is 7.93. The van der Waals surface area contributed by atoms with Crippen LogP contribution in [0.2, 0.25) is 0 Å². The summed E-state index contributed by atoms with van der Waals surface area (Å²) in [6, 6.07) is 5.82. The summed E-state index contributed by atoms with van der Waals surface area (Å²) in [7, 11) is 0. The van der Waals surface area contributed by atoms with Crippen molar-refractivity contribution in [2.75, 3.05) is 5.32 Å². The first-order chi connectivity index (χ1) is 11.5. The second kappa shape index (κ2) is 5.30. The van der Waals surface area contributed by atoms with E-state index in [1.807, 2.05) is 32.0 Å². The van der Waals surface area contributed by atoms with Crippen molar-refractivity contribution in [3.63, 3.8) is 0 Å². The van der Waals surface area contributed by atoms with Crippen molar-refractivity contribution < 1.29 is 4.79 Å². The summed E-state index contributed by atoms with van der Waals surface area (Å²) in [5.74, 6) is 0.495. The highest BCUT2D eigenvalue weighted by molar-refractivity contribution is 5.94. The van der Waals surface area contributed by atoms with E-state index in [1.54, 1.807) is 0 Å². The van der Waals surface area contributed by atoms with Crippen LogP contribution in [0.25, 0.3) is 17.0 Å². The lowest BCUT2D eigenvalue weighted by Gasteiger charge is -2.19. The van der Waals surface area contributed by atoms with Crippen LogP contribution in [0.4, 0.5) is 5.69 Å². The molecule has 0 spiro atoms. The number of aromatic amines is 1. The zero-order valence-corrected chi connectivity index (χ0v) is 13.5. The Morgan fingerprint density at radius 2 is 2.04 bits per heavy atom. The second-order valence-corrected chi connectivity index (χ2v) is 6.29. The summed E-state index contributed by atoms with van der Waals surface area (Å²) in [5.41, 5.74) is 4.10. The summed E-state index contributed by atoms with van der Waals surface area (Å²) in [6.45, 7) is 3.96. The van der Waals surface area contributed by atoms with Crippen LogP contribution in [-0.2, 0) is 11.2 Å². The molecule has 2 aromatic heterocycles. The van der Waals surface area contributed by atoms with Gasteiger partial charge in [0.2, 0.25) is 11.7 Å². The Balaban J connectivity index is 1.94. The van der Waals surface area contributed by atoms with Crippen molar-refractivity contribution in [2.45, 2.75) is 32.6 Å². The number of carbonyl (C=O) groups excluding carboxylic acids is 1. The van der Waals surface area contributed by atoms with Gasteiger partial charge in [-0.3, -0.25) is 9.59 Å². The fourth-order valence-electron chi connectivity index (χ4n) is 3.18. The van der Waals surface area contributed by atoms with Crippen LogP contribution in [0.15, 0.2) is 29.3 Å². The normalized spacial score (nSPS) is 14.0. The molecule has 7 nitrogen and oxygen atoms in total. The third kappa shape index (κ3) is 2.20. The average Bonchev–Trinajstić information content (AvgIpc) is 3.02. The largest absolute Gasteiger partial charge is 0.326 e. The Hall–Kier alpha value is -2.96. The average molecular weight is 323 g/mol. The van der Waals surface area contributed by atoms with E-state index in [0.717, 1.165) is 22.5 Å². The first kappa shape index (κ1) is 14.6. The monoisotopic (exact) mass is 323 g/mol. The molecule has 4 rings (SSSR count). The summed E-state index contributed by atoms with van der Waals surface area (Å²) in [6.07, 6.45) is 2.54. The molecule has 1 aliphatic rings. The lowest BCUT2D eigenvalue weighted by Crippen LogP contribution is -2.23. The van der Waals surface area contributed by atoms with Gasteiger partial charge in [-0.25, -0.2) is 0 Å². The van der Waals surface area contributed by atoms with Crippen molar-refractivity contribution in [3.05, 3.63) is 46.0 Å². The maximum absolute atomic E-state index is 12.7. The highest BCUT2D eigenvalue weighted by Gasteiger charge is 2.20. The standard InChI is InChI=1S/C17H17N5O2/c1-9(2)14-15(21-17-18-8-19-22(17)16(14)24)11-3-5-12-10(7-11)4-6-13(23)20-12/h3,5,7-9H,4,6H2,1-2H3,(H,20,23)(H,18,19,21). The van der Waals surface area contributed by atoms with Crippen LogP contribution in [0, 0.1) is 0 Å². The molecule has 1 aliphatic heterocycles. The third-order valence-electron chi connectivity index (χ3n) is 4.34. The van der Waals surface area contributed by atoms with Gasteiger partial charge in [-0.05, 0) is 35.6 Å². The van der Waals surface area contributed by atoms with Crippen LogP contribution in [0.1, 0.15) is 37.3 Å². The van der Waals surface area contributed by atoms with Gasteiger partial charge in [-0.2, -0.15) is 14.6 Å². The minimum atomic E-state index is -0.155. The minimum Gasteiger partial charge on any atom is -0.326 e. The molecule has 0 saturated heterocycles. The van der Waals surface area contributed by atoms with Gasteiger partial charge in [0, 0.05) is 17.7 Å². The van der Waals surface area contributed by atoms with Gasteiger partial charge >= 0.3 is 0 Å². The van der Waals surface area contributed by atoms with Gasteiger partial charge in [0.05, 0.1) is 5.69 Å². The summed E-state index contributed by atoms with van der Waals surface area (Å²) in [4.78, 5) is 31.6. The zero-order chi connectivity index (χ0) is 16.8. The van der Waals surface area contributed by atoms with E-state index in [0.29, 0.717) is 24.2 Å². The minimum absolute atomic E-state index is 0.0353. The number of aryl methyl sites for hydroxylation is 1. The fourth-order valence-corrected chi connectivity index (χ4v) is 3.18. The van der Waals surface area contributed by atoms with Gasteiger partial charge in [-0.15, -0.1) is 0 Å². The van der Waals surface area contributed by atoms with E-state index in [-0.39, 0.29) is 17.4 Å². The molecule has 7 heteroatoms. The lowest BCUT2D eigenvalue weighted by molar-refractivity contribution is -0.116. The highest BCUT2D eigenvalue weighted by Crippen LogP contribution is 2.30. The van der Waals surface area contributed by atoms with Crippen LogP contribution in [-0.4, -0.2) is 25.5 Å². The Bertz CT molecular complexity index is 1020. The van der Waals surface area contributed by atoms with Crippen molar-refractivity contribution in [1.29, 1.82) is 0 Å². The van der Waals surface area contributed by atoms with Crippen molar-refractivity contribution in [3.8, 4) is 11.3 Å². The van der Waals surface area contributed by atoms with Crippen molar-refractivity contribution >= 4 is 17.4 Å². The molecule has 122 valence electrons. The Morgan fingerprint density at radius 3 is 2.83 bits per heavy atom. The topological polar surface area (TPSA) is 92.2 Å². The van der Waals surface area contributed by atoms with E-state index in [9.17, 15) is 9.59 Å². The number of benzene rings is 1. The van der Waals surface area contributed by atoms with Gasteiger partial charge in [-0.1, -0.05) is 19.9 Å². The molecule has 2 N–H and O–H groups in total. The number of fused-ring (bicyclic) bond motifs is 2. The molecule has 0 fully saturated rings. The third-order valence-corrected chi connectivity index (χ3v) is 4.34. The van der Waals surface area contributed by atoms with Crippen LogP contribution in [0.3, 0.4) is 0 Å². The van der Waals surface area contributed by atoms with E-state index in [4.69, 9.17) is 0 Å². The van der Waals surface area contributed by atoms with E-state index in [2.05, 4.69) is 20.4 Å². The molecule has 3 aromatic rings. The summed E-state index contributed by atoms with van der Waals surface area (Å²) in [5, 5.41) is 6.86. The number of nitrogens with zero attached hydrogens (tertiary/aromatic N) is 3. The molecule has 0 bridgehead atoms. The molecule has 1 amide bonds.